The van der Waals surface area contributed by atoms with Crippen LogP contribution in [-0.4, -0.2) is 51.0 Å². The van der Waals surface area contributed by atoms with Crippen molar-refractivity contribution in [1.29, 1.82) is 0 Å². The highest BCUT2D eigenvalue weighted by Gasteiger charge is 2.21. The van der Waals surface area contributed by atoms with E-state index >= 15 is 0 Å². The zero-order chi connectivity index (χ0) is 14.4. The van der Waals surface area contributed by atoms with Crippen LogP contribution in [0.5, 0.6) is 0 Å². The van der Waals surface area contributed by atoms with Crippen molar-refractivity contribution in [3.8, 4) is 0 Å². The molecule has 20 heavy (non-hydrogen) atoms. The maximum absolute atomic E-state index is 10.9. The molecule has 0 radical (unpaired) electrons. The van der Waals surface area contributed by atoms with Crippen LogP contribution >= 0.6 is 11.6 Å². The summed E-state index contributed by atoms with van der Waals surface area (Å²) in [6, 6.07) is 7.67. The Morgan fingerprint density at radius 3 is 2.90 bits per heavy atom. The van der Waals surface area contributed by atoms with Gasteiger partial charge in [0.15, 0.2) is 0 Å². The Balaban J connectivity index is 1.82. The number of hydrogen-bond acceptors (Lipinski definition) is 5. The lowest BCUT2D eigenvalue weighted by molar-refractivity contribution is -0.0363. The highest BCUT2D eigenvalue weighted by molar-refractivity contribution is 6.30. The van der Waals surface area contributed by atoms with E-state index in [0.29, 0.717) is 24.8 Å². The second kappa shape index (κ2) is 7.47. The quantitative estimate of drug-likeness (QED) is 0.800. The maximum Gasteiger partial charge on any atom is 0.508 e. The van der Waals surface area contributed by atoms with Crippen molar-refractivity contribution in [1.82, 2.24) is 4.90 Å². The molecule has 0 saturated carbocycles. The van der Waals surface area contributed by atoms with E-state index in [1.54, 1.807) is 0 Å². The van der Waals surface area contributed by atoms with Gasteiger partial charge >= 0.3 is 6.16 Å². The number of methoxy groups -OCH3 is 1. The van der Waals surface area contributed by atoms with E-state index in [-0.39, 0.29) is 6.10 Å². The largest absolute Gasteiger partial charge is 0.508 e. The first-order valence-corrected chi connectivity index (χ1v) is 6.87. The van der Waals surface area contributed by atoms with Gasteiger partial charge in [-0.05, 0) is 17.7 Å². The predicted octanol–water partition coefficient (Wildman–Crippen LogP) is 2.50. The number of carbonyl (C=O) groups excluding carboxylic acids is 1. The molecule has 0 spiro atoms. The monoisotopic (exact) mass is 299 g/mol. The number of benzene rings is 1. The molecule has 6 heteroatoms. The van der Waals surface area contributed by atoms with Gasteiger partial charge < -0.3 is 14.2 Å². The highest BCUT2D eigenvalue weighted by Crippen LogP contribution is 2.23. The first kappa shape index (κ1) is 15.1. The summed E-state index contributed by atoms with van der Waals surface area (Å²) in [7, 11) is 1.30. The van der Waals surface area contributed by atoms with Gasteiger partial charge in [-0.2, -0.15) is 0 Å². The lowest BCUT2D eigenvalue weighted by Gasteiger charge is -2.32. The van der Waals surface area contributed by atoms with Crippen molar-refractivity contribution < 1.29 is 19.0 Å². The minimum absolute atomic E-state index is 0.0270. The van der Waals surface area contributed by atoms with Gasteiger partial charge in [0.25, 0.3) is 0 Å². The molecular formula is C14H18ClNO4. The van der Waals surface area contributed by atoms with E-state index < -0.39 is 6.16 Å². The van der Waals surface area contributed by atoms with Crippen molar-refractivity contribution in [3.63, 3.8) is 0 Å². The van der Waals surface area contributed by atoms with E-state index in [9.17, 15) is 4.79 Å². The maximum atomic E-state index is 10.9. The molecule has 0 N–H and O–H groups in total. The minimum Gasteiger partial charge on any atom is -0.438 e. The number of nitrogens with zero attached hydrogens (tertiary/aromatic N) is 1. The Kier molecular flexibility index (Phi) is 5.64. The van der Waals surface area contributed by atoms with Gasteiger partial charge in [0, 0.05) is 24.7 Å². The van der Waals surface area contributed by atoms with Gasteiger partial charge in [-0.3, -0.25) is 4.90 Å². The summed E-state index contributed by atoms with van der Waals surface area (Å²) < 4.78 is 15.1. The van der Waals surface area contributed by atoms with Gasteiger partial charge in [0.1, 0.15) is 6.61 Å². The van der Waals surface area contributed by atoms with Crippen LogP contribution in [-0.2, 0) is 14.2 Å². The zero-order valence-electron chi connectivity index (χ0n) is 11.4. The standard InChI is InChI=1S/C14H18ClNO4/c1-18-14(17)20-9-7-16-6-8-19-13(10-16)11-2-4-12(15)5-3-11/h2-5,13H,6-10H2,1H3. The van der Waals surface area contributed by atoms with Crippen molar-refractivity contribution in [2.24, 2.45) is 0 Å². The lowest BCUT2D eigenvalue weighted by Crippen LogP contribution is -2.40. The van der Waals surface area contributed by atoms with E-state index in [1.165, 1.54) is 7.11 Å². The van der Waals surface area contributed by atoms with Crippen molar-refractivity contribution >= 4 is 17.8 Å². The van der Waals surface area contributed by atoms with E-state index in [4.69, 9.17) is 21.1 Å². The van der Waals surface area contributed by atoms with Gasteiger partial charge in [-0.25, -0.2) is 4.79 Å². The van der Waals surface area contributed by atoms with Gasteiger partial charge in [0.05, 0.1) is 19.8 Å². The Bertz CT molecular complexity index is 437. The van der Waals surface area contributed by atoms with Gasteiger partial charge in [0.2, 0.25) is 0 Å². The summed E-state index contributed by atoms with van der Waals surface area (Å²) >= 11 is 5.88. The molecule has 2 rings (SSSR count). The Morgan fingerprint density at radius 1 is 1.45 bits per heavy atom. The molecule has 1 aromatic carbocycles. The summed E-state index contributed by atoms with van der Waals surface area (Å²) in [6.07, 6.45) is -0.619. The van der Waals surface area contributed by atoms with Crippen LogP contribution in [0.4, 0.5) is 4.79 Å². The molecule has 1 aliphatic heterocycles. The SMILES string of the molecule is COC(=O)OCCN1CCOC(c2ccc(Cl)cc2)C1. The molecular weight excluding hydrogens is 282 g/mol. The fourth-order valence-corrected chi connectivity index (χ4v) is 2.23. The van der Waals surface area contributed by atoms with E-state index in [2.05, 4.69) is 9.64 Å². The van der Waals surface area contributed by atoms with Gasteiger partial charge in [-0.1, -0.05) is 23.7 Å². The molecule has 5 nitrogen and oxygen atoms in total. The average Bonchev–Trinajstić information content (AvgIpc) is 2.48. The van der Waals surface area contributed by atoms with Crippen molar-refractivity contribution in [2.75, 3.05) is 40.0 Å². The van der Waals surface area contributed by atoms with Crippen LogP contribution in [0.3, 0.4) is 0 Å². The summed E-state index contributed by atoms with van der Waals surface area (Å²) in [4.78, 5) is 13.1. The Morgan fingerprint density at radius 2 is 2.20 bits per heavy atom. The minimum atomic E-state index is -0.646. The first-order chi connectivity index (χ1) is 9.69. The number of hydrogen-bond donors (Lipinski definition) is 0. The van der Waals surface area contributed by atoms with Crippen LogP contribution in [0.2, 0.25) is 5.02 Å². The second-order valence-electron chi connectivity index (χ2n) is 4.51. The second-order valence-corrected chi connectivity index (χ2v) is 4.95. The van der Waals surface area contributed by atoms with Crippen molar-refractivity contribution in [2.45, 2.75) is 6.10 Å². The third-order valence-corrected chi connectivity index (χ3v) is 3.44. The molecule has 1 aliphatic rings. The molecule has 0 aromatic heterocycles. The van der Waals surface area contributed by atoms with Crippen LogP contribution < -0.4 is 0 Å². The summed E-state index contributed by atoms with van der Waals surface area (Å²) in [6.45, 7) is 3.24. The first-order valence-electron chi connectivity index (χ1n) is 6.49. The molecule has 1 aromatic rings. The molecule has 0 amide bonds. The fourth-order valence-electron chi connectivity index (χ4n) is 2.10. The number of halogens is 1. The fraction of sp³-hybridized carbons (Fsp3) is 0.500. The van der Waals surface area contributed by atoms with Crippen molar-refractivity contribution in [3.05, 3.63) is 34.9 Å². The Hall–Kier alpha value is -1.30. The molecule has 1 unspecified atom stereocenters. The third kappa shape index (κ3) is 4.37. The predicted molar refractivity (Wildman–Crippen MR) is 74.9 cm³/mol. The smallest absolute Gasteiger partial charge is 0.438 e. The third-order valence-electron chi connectivity index (χ3n) is 3.19. The molecule has 1 fully saturated rings. The molecule has 1 atom stereocenters. The van der Waals surface area contributed by atoms with Gasteiger partial charge in [-0.15, -0.1) is 0 Å². The van der Waals surface area contributed by atoms with Crippen LogP contribution in [0.15, 0.2) is 24.3 Å². The van der Waals surface area contributed by atoms with Crippen LogP contribution in [0.25, 0.3) is 0 Å². The van der Waals surface area contributed by atoms with Crippen LogP contribution in [0, 0.1) is 0 Å². The van der Waals surface area contributed by atoms with E-state index in [0.717, 1.165) is 18.7 Å². The highest BCUT2D eigenvalue weighted by atomic mass is 35.5. The summed E-state index contributed by atoms with van der Waals surface area (Å²) in [5.74, 6) is 0. The average molecular weight is 300 g/mol. The number of rotatable bonds is 4. The topological polar surface area (TPSA) is 48.0 Å². The molecule has 1 heterocycles. The zero-order valence-corrected chi connectivity index (χ0v) is 12.1. The Labute approximate surface area is 123 Å². The number of morpholine rings is 1. The normalized spacial score (nSPS) is 19.6. The lowest BCUT2D eigenvalue weighted by atomic mass is 10.1. The summed E-state index contributed by atoms with van der Waals surface area (Å²) in [5.41, 5.74) is 1.10. The number of carbonyl (C=O) groups is 1. The molecule has 1 saturated heterocycles. The molecule has 110 valence electrons. The molecule has 0 aliphatic carbocycles. The summed E-state index contributed by atoms with van der Waals surface area (Å²) in [5, 5.41) is 0.716. The molecule has 0 bridgehead atoms. The van der Waals surface area contributed by atoms with Crippen LogP contribution in [0.1, 0.15) is 11.7 Å². The number of ether oxygens (including phenoxy) is 3. The van der Waals surface area contributed by atoms with E-state index in [1.807, 2.05) is 24.3 Å².